The summed E-state index contributed by atoms with van der Waals surface area (Å²) in [6.07, 6.45) is 5.77. The molecule has 0 radical (unpaired) electrons. The summed E-state index contributed by atoms with van der Waals surface area (Å²) < 4.78 is 0. The van der Waals surface area contributed by atoms with E-state index < -0.39 is 0 Å². The van der Waals surface area contributed by atoms with Gasteiger partial charge in [0, 0.05) is 30.3 Å². The number of aromatic nitrogens is 4. The van der Waals surface area contributed by atoms with Crippen molar-refractivity contribution in [3.63, 3.8) is 0 Å². The maximum Gasteiger partial charge on any atom is 0.225 e. The molecule has 1 aliphatic carbocycles. The lowest BCUT2D eigenvalue weighted by atomic mass is 9.87. The molecule has 2 N–H and O–H groups in total. The number of hydrogen-bond acceptors (Lipinski definition) is 6. The molecule has 0 saturated carbocycles. The van der Waals surface area contributed by atoms with Crippen molar-refractivity contribution in [3.8, 4) is 0 Å². The molecule has 148 valence electrons. The van der Waals surface area contributed by atoms with E-state index in [1.165, 1.54) is 10.4 Å². The first-order valence-corrected chi connectivity index (χ1v) is 10.6. The average molecular weight is 427 g/mol. The van der Waals surface area contributed by atoms with Gasteiger partial charge in [-0.25, -0.2) is 9.97 Å². The Balaban J connectivity index is 1.54. The second-order valence-corrected chi connectivity index (χ2v) is 8.98. The summed E-state index contributed by atoms with van der Waals surface area (Å²) in [5, 5.41) is 13.0. The molecule has 3 heterocycles. The third-order valence-electron chi connectivity index (χ3n) is 5.42. The molecule has 9 heteroatoms. The topological polar surface area (TPSA) is 86.8 Å². The smallest absolute Gasteiger partial charge is 0.225 e. The minimum absolute atomic E-state index is 0.0351. The minimum Gasteiger partial charge on any atom is -0.349 e. The Labute approximate surface area is 176 Å². The Morgan fingerprint density at radius 2 is 2.21 bits per heavy atom. The maximum atomic E-state index is 12.4. The number of rotatable bonds is 3. The lowest BCUT2D eigenvalue weighted by Gasteiger charge is -2.24. The van der Waals surface area contributed by atoms with Crippen LogP contribution in [-0.2, 0) is 17.6 Å². The summed E-state index contributed by atoms with van der Waals surface area (Å²) in [6.45, 7) is 0. The number of carbonyl (C=O) groups excluding carboxylic acids is 1. The number of aryl methyl sites for hydroxylation is 1. The first-order valence-electron chi connectivity index (χ1n) is 9.37. The second kappa shape index (κ2) is 6.96. The van der Waals surface area contributed by atoms with E-state index in [1.807, 2.05) is 26.2 Å². The van der Waals surface area contributed by atoms with Crippen LogP contribution in [0.4, 0.5) is 11.5 Å². The molecule has 29 heavy (non-hydrogen) atoms. The molecule has 0 aliphatic heterocycles. The summed E-state index contributed by atoms with van der Waals surface area (Å²) in [7, 11) is 3.63. The Morgan fingerprint density at radius 1 is 1.34 bits per heavy atom. The number of nitrogens with one attached hydrogen (secondary N) is 2. The number of fused-ring (bicyclic) bond motifs is 4. The number of hydrogen-bond donors (Lipinski definition) is 2. The van der Waals surface area contributed by atoms with E-state index in [2.05, 4.69) is 25.5 Å². The number of anilines is 2. The van der Waals surface area contributed by atoms with Gasteiger partial charge in [-0.15, -0.1) is 11.3 Å². The van der Waals surface area contributed by atoms with Crippen molar-refractivity contribution in [2.75, 3.05) is 19.4 Å². The van der Waals surface area contributed by atoms with Crippen LogP contribution in [0, 0.1) is 5.92 Å². The highest BCUT2D eigenvalue weighted by Gasteiger charge is 2.29. The van der Waals surface area contributed by atoms with Crippen molar-refractivity contribution in [1.82, 2.24) is 25.1 Å². The Morgan fingerprint density at radius 3 is 3.03 bits per heavy atom. The molecule has 1 aromatic carbocycles. The standard InChI is InChI=1S/C20H19ClN6OS/c1-27(2)20(28)10-3-4-12-16(6-10)29-19-17(12)18(22-9-23-19)25-15-5-11-8-24-26-14(11)7-13(15)21/h5,7-10H,3-4,6H2,1-2H3,(H,24,26)(H,22,23,25)/t10-/m0/s1. The SMILES string of the molecule is CN(C)C(=O)[C@H]1CCc2c(sc3ncnc(Nc4cc5cn[nH]c5cc4Cl)c23)C1. The molecule has 1 amide bonds. The zero-order valence-corrected chi connectivity index (χ0v) is 17.6. The molecule has 0 fully saturated rings. The monoisotopic (exact) mass is 426 g/mol. The average Bonchev–Trinajstić information content (AvgIpc) is 3.30. The van der Waals surface area contributed by atoms with Gasteiger partial charge < -0.3 is 10.2 Å². The van der Waals surface area contributed by atoms with Gasteiger partial charge in [0.1, 0.15) is 17.0 Å². The quantitative estimate of drug-likeness (QED) is 0.513. The molecular weight excluding hydrogens is 408 g/mol. The fourth-order valence-corrected chi connectivity index (χ4v) is 5.45. The van der Waals surface area contributed by atoms with Crippen molar-refractivity contribution in [1.29, 1.82) is 0 Å². The van der Waals surface area contributed by atoms with Crippen LogP contribution in [0.15, 0.2) is 24.7 Å². The molecule has 0 saturated heterocycles. The largest absolute Gasteiger partial charge is 0.349 e. The minimum atomic E-state index is 0.0351. The number of H-pyrrole nitrogens is 1. The van der Waals surface area contributed by atoms with Crippen LogP contribution in [0.2, 0.25) is 5.02 Å². The highest BCUT2D eigenvalue weighted by atomic mass is 35.5. The van der Waals surface area contributed by atoms with E-state index >= 15 is 0 Å². The number of benzene rings is 1. The number of aromatic amines is 1. The van der Waals surface area contributed by atoms with Gasteiger partial charge in [0.25, 0.3) is 0 Å². The van der Waals surface area contributed by atoms with Crippen molar-refractivity contribution in [3.05, 3.63) is 40.1 Å². The highest BCUT2D eigenvalue weighted by Crippen LogP contribution is 2.41. The van der Waals surface area contributed by atoms with Gasteiger partial charge in [-0.05, 0) is 37.0 Å². The zero-order valence-electron chi connectivity index (χ0n) is 16.0. The van der Waals surface area contributed by atoms with Crippen LogP contribution in [0.25, 0.3) is 21.1 Å². The number of carbonyl (C=O) groups is 1. The summed E-state index contributed by atoms with van der Waals surface area (Å²) >= 11 is 8.12. The Bertz CT molecular complexity index is 1250. The van der Waals surface area contributed by atoms with Crippen molar-refractivity contribution >= 4 is 61.5 Å². The van der Waals surface area contributed by atoms with Crippen LogP contribution in [0.1, 0.15) is 16.9 Å². The van der Waals surface area contributed by atoms with Gasteiger partial charge in [0.2, 0.25) is 5.91 Å². The van der Waals surface area contributed by atoms with Gasteiger partial charge in [0.05, 0.1) is 27.8 Å². The molecule has 7 nitrogen and oxygen atoms in total. The molecule has 0 unspecified atom stereocenters. The van der Waals surface area contributed by atoms with E-state index in [9.17, 15) is 4.79 Å². The predicted molar refractivity (Wildman–Crippen MR) is 116 cm³/mol. The van der Waals surface area contributed by atoms with E-state index in [-0.39, 0.29) is 11.8 Å². The van der Waals surface area contributed by atoms with E-state index in [0.717, 1.165) is 51.9 Å². The number of halogens is 1. The number of amides is 1. The van der Waals surface area contributed by atoms with Crippen LogP contribution < -0.4 is 5.32 Å². The summed E-state index contributed by atoms with van der Waals surface area (Å²) in [5.41, 5.74) is 2.91. The lowest BCUT2D eigenvalue weighted by molar-refractivity contribution is -0.133. The van der Waals surface area contributed by atoms with E-state index in [1.54, 1.807) is 28.8 Å². The van der Waals surface area contributed by atoms with Crippen LogP contribution >= 0.6 is 22.9 Å². The maximum absolute atomic E-state index is 12.4. The fraction of sp³-hybridized carbons (Fsp3) is 0.300. The summed E-state index contributed by atoms with van der Waals surface area (Å²) in [6, 6.07) is 3.81. The van der Waals surface area contributed by atoms with Gasteiger partial charge >= 0.3 is 0 Å². The normalized spacial score (nSPS) is 16.2. The lowest BCUT2D eigenvalue weighted by Crippen LogP contribution is -2.32. The van der Waals surface area contributed by atoms with Crippen molar-refractivity contribution in [2.45, 2.75) is 19.3 Å². The van der Waals surface area contributed by atoms with E-state index in [0.29, 0.717) is 5.02 Å². The number of nitrogens with zero attached hydrogens (tertiary/aromatic N) is 4. The molecule has 1 atom stereocenters. The molecule has 0 spiro atoms. The highest BCUT2D eigenvalue weighted by molar-refractivity contribution is 7.19. The second-order valence-electron chi connectivity index (χ2n) is 7.49. The zero-order chi connectivity index (χ0) is 20.1. The summed E-state index contributed by atoms with van der Waals surface area (Å²) in [5.74, 6) is 0.972. The van der Waals surface area contributed by atoms with E-state index in [4.69, 9.17) is 11.6 Å². The Kier molecular flexibility index (Phi) is 4.40. The van der Waals surface area contributed by atoms with Gasteiger partial charge in [-0.1, -0.05) is 11.6 Å². The number of thiophene rings is 1. The predicted octanol–water partition coefficient (Wildman–Crippen LogP) is 4.16. The first kappa shape index (κ1) is 18.3. The molecule has 0 bridgehead atoms. The third kappa shape index (κ3) is 3.12. The molecular formula is C20H19ClN6OS. The van der Waals surface area contributed by atoms with Crippen LogP contribution in [0.5, 0.6) is 0 Å². The molecule has 3 aromatic heterocycles. The third-order valence-corrected chi connectivity index (χ3v) is 6.89. The van der Waals surface area contributed by atoms with Crippen molar-refractivity contribution in [2.24, 2.45) is 5.92 Å². The molecule has 5 rings (SSSR count). The van der Waals surface area contributed by atoms with Gasteiger partial charge in [-0.3, -0.25) is 9.89 Å². The summed E-state index contributed by atoms with van der Waals surface area (Å²) in [4.78, 5) is 25.3. The van der Waals surface area contributed by atoms with Crippen LogP contribution in [-0.4, -0.2) is 45.1 Å². The molecule has 1 aliphatic rings. The van der Waals surface area contributed by atoms with Crippen LogP contribution in [0.3, 0.4) is 0 Å². The van der Waals surface area contributed by atoms with Crippen molar-refractivity contribution < 1.29 is 4.79 Å². The van der Waals surface area contributed by atoms with Gasteiger partial charge in [-0.2, -0.15) is 5.10 Å². The molecule has 4 aromatic rings. The fourth-order valence-electron chi connectivity index (χ4n) is 3.97. The van der Waals surface area contributed by atoms with Gasteiger partial charge in [0.15, 0.2) is 0 Å². The Hall–Kier alpha value is -2.71. The first-order chi connectivity index (χ1) is 14.0.